The number of ether oxygens (including phenoxy) is 2. The van der Waals surface area contributed by atoms with E-state index in [2.05, 4.69) is 37.4 Å². The molecule has 0 radical (unpaired) electrons. The molecule has 2 amide bonds. The van der Waals surface area contributed by atoms with Crippen molar-refractivity contribution in [1.29, 1.82) is 0 Å². The molecule has 1 saturated heterocycles. The first kappa shape index (κ1) is 16.8. The van der Waals surface area contributed by atoms with Crippen LogP contribution < -0.4 is 5.32 Å². The molecule has 5 heteroatoms. The molecular weight excluding hydrogens is 280 g/mol. The van der Waals surface area contributed by atoms with Gasteiger partial charge in [0.25, 0.3) is 0 Å². The highest BCUT2D eigenvalue weighted by Gasteiger charge is 2.25. The molecule has 5 nitrogen and oxygen atoms in total. The number of benzene rings is 1. The van der Waals surface area contributed by atoms with Crippen LogP contribution in [0, 0.1) is 13.8 Å². The number of nitrogens with zero attached hydrogens (tertiary/aromatic N) is 1. The lowest BCUT2D eigenvalue weighted by molar-refractivity contribution is -0.0496. The minimum Gasteiger partial charge on any atom is -0.382 e. The van der Waals surface area contributed by atoms with Gasteiger partial charge in [-0.05, 0) is 26.3 Å². The van der Waals surface area contributed by atoms with Gasteiger partial charge in [0.2, 0.25) is 0 Å². The molecule has 2 rings (SSSR count). The van der Waals surface area contributed by atoms with Gasteiger partial charge in [0, 0.05) is 13.7 Å². The number of rotatable bonds is 4. The van der Waals surface area contributed by atoms with Crippen molar-refractivity contribution >= 4 is 6.03 Å². The van der Waals surface area contributed by atoms with E-state index in [1.54, 1.807) is 12.0 Å². The molecule has 0 aliphatic carbocycles. The molecule has 0 spiro atoms. The lowest BCUT2D eigenvalue weighted by atomic mass is 10.0. The van der Waals surface area contributed by atoms with Crippen LogP contribution in [0.2, 0.25) is 0 Å². The van der Waals surface area contributed by atoms with E-state index >= 15 is 0 Å². The second kappa shape index (κ2) is 7.61. The maximum Gasteiger partial charge on any atom is 0.318 e. The van der Waals surface area contributed by atoms with Gasteiger partial charge < -0.3 is 19.7 Å². The Balaban J connectivity index is 1.95. The van der Waals surface area contributed by atoms with E-state index in [0.717, 1.165) is 5.56 Å². The fraction of sp³-hybridized carbons (Fsp3) is 0.588. The van der Waals surface area contributed by atoms with E-state index in [9.17, 15) is 4.79 Å². The molecule has 1 aliphatic heterocycles. The summed E-state index contributed by atoms with van der Waals surface area (Å²) < 4.78 is 10.7. The Labute approximate surface area is 132 Å². The number of morpholine rings is 1. The maximum atomic E-state index is 12.4. The average molecular weight is 306 g/mol. The van der Waals surface area contributed by atoms with E-state index in [-0.39, 0.29) is 18.2 Å². The van der Waals surface area contributed by atoms with Crippen molar-refractivity contribution in [3.05, 3.63) is 34.9 Å². The number of aryl methyl sites for hydroxylation is 2. The van der Waals surface area contributed by atoms with Crippen LogP contribution in [0.4, 0.5) is 4.79 Å². The van der Waals surface area contributed by atoms with Crippen molar-refractivity contribution in [3.8, 4) is 0 Å². The molecule has 0 unspecified atom stereocenters. The van der Waals surface area contributed by atoms with Crippen molar-refractivity contribution < 1.29 is 14.3 Å². The largest absolute Gasteiger partial charge is 0.382 e. The zero-order valence-electron chi connectivity index (χ0n) is 13.9. The number of amides is 2. The van der Waals surface area contributed by atoms with E-state index in [1.165, 1.54) is 11.1 Å². The summed E-state index contributed by atoms with van der Waals surface area (Å²) in [5, 5.41) is 3.07. The molecule has 1 aliphatic rings. The Morgan fingerprint density at radius 2 is 2.09 bits per heavy atom. The first-order chi connectivity index (χ1) is 10.5. The fourth-order valence-electron chi connectivity index (χ4n) is 2.81. The summed E-state index contributed by atoms with van der Waals surface area (Å²) in [6.45, 7) is 8.41. The normalized spacial score (nSPS) is 19.8. The van der Waals surface area contributed by atoms with E-state index in [4.69, 9.17) is 9.47 Å². The molecule has 0 saturated carbocycles. The smallest absolute Gasteiger partial charge is 0.318 e. The molecule has 2 atom stereocenters. The summed E-state index contributed by atoms with van der Waals surface area (Å²) in [5.74, 6) is 0. The molecule has 122 valence electrons. The van der Waals surface area contributed by atoms with Crippen LogP contribution in [0.1, 0.15) is 29.7 Å². The molecule has 1 aromatic rings. The molecule has 1 aromatic carbocycles. The first-order valence-electron chi connectivity index (χ1n) is 7.73. The number of urea groups is 1. The van der Waals surface area contributed by atoms with E-state index in [0.29, 0.717) is 26.3 Å². The second-order valence-corrected chi connectivity index (χ2v) is 5.99. The average Bonchev–Trinajstić information content (AvgIpc) is 2.46. The Bertz CT molecular complexity index is 496. The fourth-order valence-corrected chi connectivity index (χ4v) is 2.81. The van der Waals surface area contributed by atoms with Crippen molar-refractivity contribution in [2.75, 3.05) is 33.4 Å². The summed E-state index contributed by atoms with van der Waals surface area (Å²) >= 11 is 0. The van der Waals surface area contributed by atoms with Crippen LogP contribution in [-0.2, 0) is 9.47 Å². The molecule has 22 heavy (non-hydrogen) atoms. The van der Waals surface area contributed by atoms with Gasteiger partial charge in [0.15, 0.2) is 0 Å². The Hall–Kier alpha value is -1.59. The molecule has 0 bridgehead atoms. The maximum absolute atomic E-state index is 12.4. The Morgan fingerprint density at radius 1 is 1.41 bits per heavy atom. The Kier molecular flexibility index (Phi) is 5.80. The summed E-state index contributed by atoms with van der Waals surface area (Å²) in [7, 11) is 1.64. The number of nitrogens with one attached hydrogen (secondary N) is 1. The molecular formula is C17H26N2O3. The highest BCUT2D eigenvalue weighted by atomic mass is 16.5. The minimum atomic E-state index is -0.0453. The number of carbonyl (C=O) groups excluding carboxylic acids is 1. The van der Waals surface area contributed by atoms with Crippen molar-refractivity contribution in [1.82, 2.24) is 10.2 Å². The second-order valence-electron chi connectivity index (χ2n) is 5.99. The van der Waals surface area contributed by atoms with Crippen LogP contribution >= 0.6 is 0 Å². The number of methoxy groups -OCH3 is 1. The summed E-state index contributed by atoms with van der Waals surface area (Å²) in [6, 6.07) is 6.30. The lowest BCUT2D eigenvalue weighted by Crippen LogP contribution is -2.51. The van der Waals surface area contributed by atoms with Gasteiger partial charge >= 0.3 is 6.03 Å². The quantitative estimate of drug-likeness (QED) is 0.929. The molecule has 0 aromatic heterocycles. The highest BCUT2D eigenvalue weighted by Crippen LogP contribution is 2.17. The number of carbonyl (C=O) groups is 1. The third kappa shape index (κ3) is 4.45. The van der Waals surface area contributed by atoms with Gasteiger partial charge in [-0.2, -0.15) is 0 Å². The predicted octanol–water partition coefficient (Wildman–Crippen LogP) is 2.42. The van der Waals surface area contributed by atoms with Gasteiger partial charge in [-0.15, -0.1) is 0 Å². The van der Waals surface area contributed by atoms with Gasteiger partial charge in [-0.1, -0.05) is 29.3 Å². The van der Waals surface area contributed by atoms with Crippen LogP contribution in [0.5, 0.6) is 0 Å². The SMILES string of the molecule is COC[C@@H]1CN(C(=O)N[C@@H](C)c2cc(C)cc(C)c2)CCO1. The Morgan fingerprint density at radius 3 is 2.73 bits per heavy atom. The van der Waals surface area contributed by atoms with Gasteiger partial charge in [0.1, 0.15) is 0 Å². The summed E-state index contributed by atoms with van der Waals surface area (Å²) in [4.78, 5) is 14.2. The van der Waals surface area contributed by atoms with Gasteiger partial charge in [0.05, 0.1) is 31.9 Å². The van der Waals surface area contributed by atoms with Crippen molar-refractivity contribution in [2.24, 2.45) is 0 Å². The van der Waals surface area contributed by atoms with Crippen molar-refractivity contribution in [3.63, 3.8) is 0 Å². The van der Waals surface area contributed by atoms with Crippen LogP contribution in [-0.4, -0.2) is 50.4 Å². The van der Waals surface area contributed by atoms with E-state index < -0.39 is 0 Å². The molecule has 1 fully saturated rings. The third-order valence-corrected chi connectivity index (χ3v) is 3.86. The number of hydrogen-bond acceptors (Lipinski definition) is 3. The highest BCUT2D eigenvalue weighted by molar-refractivity contribution is 5.74. The third-order valence-electron chi connectivity index (χ3n) is 3.86. The van der Waals surface area contributed by atoms with Crippen LogP contribution in [0.3, 0.4) is 0 Å². The summed E-state index contributed by atoms with van der Waals surface area (Å²) in [6.07, 6.45) is -0.0407. The van der Waals surface area contributed by atoms with Gasteiger partial charge in [-0.25, -0.2) is 4.79 Å². The van der Waals surface area contributed by atoms with Gasteiger partial charge in [-0.3, -0.25) is 0 Å². The van der Waals surface area contributed by atoms with E-state index in [1.807, 2.05) is 6.92 Å². The van der Waals surface area contributed by atoms with Crippen LogP contribution in [0.15, 0.2) is 18.2 Å². The summed E-state index contributed by atoms with van der Waals surface area (Å²) in [5.41, 5.74) is 3.55. The standard InChI is InChI=1S/C17H26N2O3/c1-12-7-13(2)9-15(8-12)14(3)18-17(20)19-5-6-22-16(10-19)11-21-4/h7-9,14,16H,5-6,10-11H2,1-4H3,(H,18,20)/t14-,16-/m0/s1. The zero-order chi connectivity index (χ0) is 16.1. The topological polar surface area (TPSA) is 50.8 Å². The molecule has 1 heterocycles. The first-order valence-corrected chi connectivity index (χ1v) is 7.73. The lowest BCUT2D eigenvalue weighted by Gasteiger charge is -2.33. The van der Waals surface area contributed by atoms with Crippen LogP contribution in [0.25, 0.3) is 0 Å². The zero-order valence-corrected chi connectivity index (χ0v) is 13.9. The van der Waals surface area contributed by atoms with Crippen molar-refractivity contribution in [2.45, 2.75) is 32.9 Å². The monoisotopic (exact) mass is 306 g/mol. The molecule has 1 N–H and O–H groups in total. The predicted molar refractivity (Wildman–Crippen MR) is 86.1 cm³/mol. The minimum absolute atomic E-state index is 0.0187. The number of hydrogen-bond donors (Lipinski definition) is 1.